The minimum Gasteiger partial charge on any atom is -0.326 e. The van der Waals surface area contributed by atoms with Crippen LogP contribution in [0.3, 0.4) is 0 Å². The van der Waals surface area contributed by atoms with Crippen LogP contribution in [0.4, 0.5) is 5.69 Å². The van der Waals surface area contributed by atoms with Gasteiger partial charge in [0.25, 0.3) is 0 Å². The molecule has 0 saturated carbocycles. The molecule has 1 atom stereocenters. The second kappa shape index (κ2) is 7.02. The third-order valence-corrected chi connectivity index (χ3v) is 4.05. The number of nitrogens with zero attached hydrogens (tertiary/aromatic N) is 1. The Kier molecular flexibility index (Phi) is 5.09. The number of hydrogen-bond acceptors (Lipinski definition) is 4. The maximum Gasteiger partial charge on any atom is 0.221 e. The van der Waals surface area contributed by atoms with E-state index in [9.17, 15) is 4.79 Å². The van der Waals surface area contributed by atoms with Gasteiger partial charge in [0, 0.05) is 30.1 Å². The standard InChI is InChI=1S/C16H17N3OS/c1-11(18-10-16-7-6-15(9-17)21-16)13-4-3-5-14(8-13)19-12(2)20/h3-8,11,18H,10H2,1-2H3,(H,19,20). The molecule has 1 amide bonds. The summed E-state index contributed by atoms with van der Waals surface area (Å²) in [7, 11) is 0. The van der Waals surface area contributed by atoms with E-state index in [1.54, 1.807) is 0 Å². The van der Waals surface area contributed by atoms with Crippen LogP contribution < -0.4 is 10.6 Å². The number of rotatable bonds is 5. The van der Waals surface area contributed by atoms with Crippen molar-refractivity contribution < 1.29 is 4.79 Å². The summed E-state index contributed by atoms with van der Waals surface area (Å²) in [5, 5.41) is 15.0. The summed E-state index contributed by atoms with van der Waals surface area (Å²) in [4.78, 5) is 12.9. The van der Waals surface area contributed by atoms with Crippen LogP contribution in [-0.4, -0.2) is 5.91 Å². The van der Waals surface area contributed by atoms with Crippen LogP contribution in [0.25, 0.3) is 0 Å². The van der Waals surface area contributed by atoms with Crippen molar-refractivity contribution >= 4 is 22.9 Å². The molecule has 0 bridgehead atoms. The Morgan fingerprint density at radius 2 is 2.19 bits per heavy atom. The average Bonchev–Trinajstić information content (AvgIpc) is 2.92. The minimum atomic E-state index is -0.0737. The lowest BCUT2D eigenvalue weighted by atomic mass is 10.1. The van der Waals surface area contributed by atoms with Crippen LogP contribution in [0.1, 0.15) is 35.2 Å². The van der Waals surface area contributed by atoms with Crippen molar-refractivity contribution in [2.75, 3.05) is 5.32 Å². The first kappa shape index (κ1) is 15.2. The summed E-state index contributed by atoms with van der Waals surface area (Å²) < 4.78 is 0. The maximum atomic E-state index is 11.1. The molecule has 21 heavy (non-hydrogen) atoms. The van der Waals surface area contributed by atoms with Crippen molar-refractivity contribution in [3.63, 3.8) is 0 Å². The van der Waals surface area contributed by atoms with Crippen LogP contribution >= 0.6 is 11.3 Å². The van der Waals surface area contributed by atoms with Crippen molar-refractivity contribution in [2.24, 2.45) is 0 Å². The lowest BCUT2D eigenvalue weighted by molar-refractivity contribution is -0.114. The van der Waals surface area contributed by atoms with Crippen molar-refractivity contribution in [2.45, 2.75) is 26.4 Å². The number of benzene rings is 1. The number of anilines is 1. The molecule has 4 nitrogen and oxygen atoms in total. The normalized spacial score (nSPS) is 11.7. The molecule has 0 aliphatic heterocycles. The Labute approximate surface area is 128 Å². The third kappa shape index (κ3) is 4.42. The second-order valence-electron chi connectivity index (χ2n) is 4.79. The highest BCUT2D eigenvalue weighted by molar-refractivity contribution is 7.12. The summed E-state index contributed by atoms with van der Waals surface area (Å²) in [5.41, 5.74) is 1.91. The Hall–Kier alpha value is -2.16. The first-order chi connectivity index (χ1) is 10.1. The molecule has 0 radical (unpaired) electrons. The molecule has 1 unspecified atom stereocenters. The van der Waals surface area contributed by atoms with Gasteiger partial charge in [0.1, 0.15) is 10.9 Å². The van der Waals surface area contributed by atoms with E-state index in [0.717, 1.165) is 27.5 Å². The predicted octanol–water partition coefficient (Wildman–Crippen LogP) is 3.43. The first-order valence-corrected chi connectivity index (χ1v) is 7.50. The van der Waals surface area contributed by atoms with Gasteiger partial charge in [-0.15, -0.1) is 11.3 Å². The lowest BCUT2D eigenvalue weighted by Gasteiger charge is -2.15. The molecular weight excluding hydrogens is 282 g/mol. The van der Waals surface area contributed by atoms with Crippen LogP contribution in [0, 0.1) is 11.3 Å². The Balaban J connectivity index is 1.98. The van der Waals surface area contributed by atoms with Gasteiger partial charge in [0.05, 0.1) is 0 Å². The number of carbonyl (C=O) groups is 1. The quantitative estimate of drug-likeness (QED) is 0.889. The fraction of sp³-hybridized carbons (Fsp3) is 0.250. The van der Waals surface area contributed by atoms with E-state index in [1.165, 1.54) is 18.3 Å². The smallest absolute Gasteiger partial charge is 0.221 e. The summed E-state index contributed by atoms with van der Waals surface area (Å²) in [6.07, 6.45) is 0. The first-order valence-electron chi connectivity index (χ1n) is 6.68. The molecule has 0 aliphatic carbocycles. The number of nitriles is 1. The van der Waals surface area contributed by atoms with E-state index in [2.05, 4.69) is 23.6 Å². The summed E-state index contributed by atoms with van der Waals surface area (Å²) in [6.45, 7) is 4.29. The fourth-order valence-electron chi connectivity index (χ4n) is 1.99. The van der Waals surface area contributed by atoms with Crippen LogP contribution in [0.2, 0.25) is 0 Å². The van der Waals surface area contributed by atoms with Crippen molar-refractivity contribution in [1.82, 2.24) is 5.32 Å². The molecule has 2 N–H and O–H groups in total. The molecule has 0 spiro atoms. The van der Waals surface area contributed by atoms with E-state index in [0.29, 0.717) is 0 Å². The largest absolute Gasteiger partial charge is 0.326 e. The molecule has 5 heteroatoms. The average molecular weight is 299 g/mol. The van der Waals surface area contributed by atoms with E-state index in [1.807, 2.05) is 36.4 Å². The number of carbonyl (C=O) groups excluding carboxylic acids is 1. The van der Waals surface area contributed by atoms with Gasteiger partial charge in [0.15, 0.2) is 0 Å². The Morgan fingerprint density at radius 1 is 1.38 bits per heavy atom. The van der Waals surface area contributed by atoms with Gasteiger partial charge < -0.3 is 10.6 Å². The van der Waals surface area contributed by atoms with E-state index in [4.69, 9.17) is 5.26 Å². The summed E-state index contributed by atoms with van der Waals surface area (Å²) >= 11 is 1.50. The highest BCUT2D eigenvalue weighted by Gasteiger charge is 2.07. The Bertz CT molecular complexity index is 672. The van der Waals surface area contributed by atoms with Crippen molar-refractivity contribution in [1.29, 1.82) is 5.26 Å². The summed E-state index contributed by atoms with van der Waals surface area (Å²) in [6, 6.07) is 13.9. The molecule has 0 aliphatic rings. The van der Waals surface area contributed by atoms with Crippen molar-refractivity contribution in [3.05, 3.63) is 51.7 Å². The molecule has 1 heterocycles. The number of thiophene rings is 1. The highest BCUT2D eigenvalue weighted by Crippen LogP contribution is 2.20. The number of hydrogen-bond donors (Lipinski definition) is 2. The van der Waals surface area contributed by atoms with Crippen LogP contribution in [0.15, 0.2) is 36.4 Å². The maximum absolute atomic E-state index is 11.1. The van der Waals surface area contributed by atoms with Gasteiger partial charge in [-0.2, -0.15) is 5.26 Å². The zero-order chi connectivity index (χ0) is 15.2. The van der Waals surface area contributed by atoms with E-state index >= 15 is 0 Å². The topological polar surface area (TPSA) is 64.9 Å². The van der Waals surface area contributed by atoms with Crippen LogP contribution in [-0.2, 0) is 11.3 Å². The zero-order valence-electron chi connectivity index (χ0n) is 12.0. The Morgan fingerprint density at radius 3 is 2.86 bits per heavy atom. The molecular formula is C16H17N3OS. The monoisotopic (exact) mass is 299 g/mol. The van der Waals surface area contributed by atoms with E-state index < -0.39 is 0 Å². The molecule has 1 aromatic carbocycles. The highest BCUT2D eigenvalue weighted by atomic mass is 32.1. The molecule has 0 fully saturated rings. The second-order valence-corrected chi connectivity index (χ2v) is 5.96. The van der Waals surface area contributed by atoms with Crippen molar-refractivity contribution in [3.8, 4) is 6.07 Å². The lowest BCUT2D eigenvalue weighted by Crippen LogP contribution is -2.17. The van der Waals surface area contributed by atoms with Gasteiger partial charge in [-0.05, 0) is 36.8 Å². The van der Waals surface area contributed by atoms with E-state index in [-0.39, 0.29) is 11.9 Å². The van der Waals surface area contributed by atoms with Gasteiger partial charge >= 0.3 is 0 Å². The molecule has 0 saturated heterocycles. The number of nitrogens with one attached hydrogen (secondary N) is 2. The molecule has 108 valence electrons. The number of amides is 1. The summed E-state index contributed by atoms with van der Waals surface area (Å²) in [5.74, 6) is -0.0737. The SMILES string of the molecule is CC(=O)Nc1cccc(C(C)NCc2ccc(C#N)s2)c1. The van der Waals surface area contributed by atoms with Gasteiger partial charge in [-0.25, -0.2) is 0 Å². The minimum absolute atomic E-state index is 0.0737. The zero-order valence-corrected chi connectivity index (χ0v) is 12.8. The van der Waals surface area contributed by atoms with Gasteiger partial charge in [-0.3, -0.25) is 4.79 Å². The molecule has 2 rings (SSSR count). The van der Waals surface area contributed by atoms with Crippen LogP contribution in [0.5, 0.6) is 0 Å². The molecule has 2 aromatic rings. The third-order valence-electron chi connectivity index (χ3n) is 3.06. The predicted molar refractivity (Wildman–Crippen MR) is 85.0 cm³/mol. The van der Waals surface area contributed by atoms with Gasteiger partial charge in [-0.1, -0.05) is 12.1 Å². The fourth-order valence-corrected chi connectivity index (χ4v) is 2.75. The molecule has 1 aromatic heterocycles. The van der Waals surface area contributed by atoms with Gasteiger partial charge in [0.2, 0.25) is 5.91 Å².